The smallest absolute Gasteiger partial charge is 0.311 e. The summed E-state index contributed by atoms with van der Waals surface area (Å²) in [5, 5.41) is 7.19. The molecule has 0 radical (unpaired) electrons. The van der Waals surface area contributed by atoms with Crippen LogP contribution < -0.4 is 5.32 Å². The summed E-state index contributed by atoms with van der Waals surface area (Å²) in [5.41, 5.74) is -0.336. The van der Waals surface area contributed by atoms with Crippen LogP contribution >= 0.6 is 11.6 Å². The summed E-state index contributed by atoms with van der Waals surface area (Å²) in [4.78, 5) is 16.8. The molecule has 2 bridgehead atoms. The molecule has 2 aromatic heterocycles. The molecule has 3 aliphatic rings. The van der Waals surface area contributed by atoms with Gasteiger partial charge in [0.2, 0.25) is 5.28 Å². The van der Waals surface area contributed by atoms with Crippen molar-refractivity contribution in [3.8, 4) is 0 Å². The van der Waals surface area contributed by atoms with E-state index in [1.807, 2.05) is 0 Å². The van der Waals surface area contributed by atoms with Gasteiger partial charge in [0.15, 0.2) is 5.82 Å². The van der Waals surface area contributed by atoms with E-state index in [1.165, 1.54) is 6.07 Å². The van der Waals surface area contributed by atoms with Crippen molar-refractivity contribution >= 4 is 28.9 Å². The van der Waals surface area contributed by atoms with Gasteiger partial charge in [-0.2, -0.15) is 4.98 Å². The number of esters is 1. The van der Waals surface area contributed by atoms with Crippen LogP contribution in [-0.2, 0) is 9.53 Å². The van der Waals surface area contributed by atoms with Crippen LogP contribution in [0.15, 0.2) is 12.1 Å². The Morgan fingerprint density at radius 3 is 2.85 bits per heavy atom. The van der Waals surface area contributed by atoms with Crippen LogP contribution in [0.5, 0.6) is 0 Å². The molecule has 0 amide bonds. The molecule has 2 aromatic rings. The molecule has 3 fully saturated rings. The molecular weight excluding hydrogens is 378 g/mol. The number of nitrogens with one attached hydrogen (secondary N) is 1. The van der Waals surface area contributed by atoms with Gasteiger partial charge in [-0.05, 0) is 68.7 Å². The SMILES string of the molecule is CCOC(=O)C1CC2CCC1(Nc1nc(Cl)nn3c(C(F)F)ccc13)CC2. The van der Waals surface area contributed by atoms with Gasteiger partial charge in [-0.3, -0.25) is 4.79 Å². The second kappa shape index (κ2) is 6.89. The van der Waals surface area contributed by atoms with Crippen molar-refractivity contribution in [3.63, 3.8) is 0 Å². The maximum absolute atomic E-state index is 13.2. The number of fused-ring (bicyclic) bond motifs is 4. The number of carbonyl (C=O) groups is 1. The molecular formula is C18H21ClF2N4O2. The molecule has 1 N–H and O–H groups in total. The van der Waals surface area contributed by atoms with Crippen LogP contribution in [0.1, 0.15) is 51.1 Å². The fraction of sp³-hybridized carbons (Fsp3) is 0.611. The van der Waals surface area contributed by atoms with E-state index in [1.54, 1.807) is 13.0 Å². The standard InChI is InChI=1S/C18H21ClF2N4O2/c1-2-27-16(26)11-9-10-5-7-18(11,8-6-10)23-15-13-4-3-12(14(20)21)25(13)24-17(19)22-15/h3-4,10-11,14H,2,5-9H2,1H3,(H,22,23,24). The molecule has 3 saturated carbocycles. The number of carbonyl (C=O) groups excluding carboxylic acids is 1. The van der Waals surface area contributed by atoms with Gasteiger partial charge in [0.25, 0.3) is 6.43 Å². The second-order valence-corrected chi connectivity index (χ2v) is 7.69. The van der Waals surface area contributed by atoms with E-state index in [0.717, 1.165) is 36.6 Å². The summed E-state index contributed by atoms with van der Waals surface area (Å²) in [6.07, 6.45) is 1.73. The first-order valence-corrected chi connectivity index (χ1v) is 9.59. The molecule has 6 nitrogen and oxygen atoms in total. The zero-order valence-corrected chi connectivity index (χ0v) is 15.7. The van der Waals surface area contributed by atoms with Crippen molar-refractivity contribution in [2.24, 2.45) is 11.8 Å². The van der Waals surface area contributed by atoms with Gasteiger partial charge in [-0.15, -0.1) is 5.10 Å². The van der Waals surface area contributed by atoms with Crippen molar-refractivity contribution in [1.82, 2.24) is 14.6 Å². The van der Waals surface area contributed by atoms with Gasteiger partial charge in [-0.25, -0.2) is 13.3 Å². The molecule has 0 aromatic carbocycles. The Balaban J connectivity index is 1.74. The quantitative estimate of drug-likeness (QED) is 0.763. The molecule has 1 atom stereocenters. The molecule has 146 valence electrons. The average molecular weight is 399 g/mol. The van der Waals surface area contributed by atoms with Gasteiger partial charge in [-0.1, -0.05) is 0 Å². The Morgan fingerprint density at radius 2 is 2.19 bits per heavy atom. The first-order valence-electron chi connectivity index (χ1n) is 9.21. The van der Waals surface area contributed by atoms with Crippen molar-refractivity contribution in [2.45, 2.75) is 51.0 Å². The first kappa shape index (κ1) is 18.4. The summed E-state index contributed by atoms with van der Waals surface area (Å²) in [6.45, 7) is 2.12. The molecule has 0 spiro atoms. The highest BCUT2D eigenvalue weighted by Gasteiger charge is 2.52. The minimum atomic E-state index is -2.68. The van der Waals surface area contributed by atoms with E-state index < -0.39 is 12.0 Å². The topological polar surface area (TPSA) is 68.5 Å². The zero-order chi connectivity index (χ0) is 19.2. The highest BCUT2D eigenvalue weighted by Crippen LogP contribution is 2.50. The fourth-order valence-corrected chi connectivity index (χ4v) is 4.76. The Labute approximate surface area is 160 Å². The summed E-state index contributed by atoms with van der Waals surface area (Å²) < 4.78 is 32.9. The van der Waals surface area contributed by atoms with Crippen molar-refractivity contribution in [1.29, 1.82) is 0 Å². The molecule has 0 aliphatic heterocycles. The Morgan fingerprint density at radius 1 is 1.44 bits per heavy atom. The van der Waals surface area contributed by atoms with Gasteiger partial charge < -0.3 is 10.1 Å². The number of nitrogens with zero attached hydrogens (tertiary/aromatic N) is 3. The lowest BCUT2D eigenvalue weighted by Gasteiger charge is -2.51. The number of rotatable bonds is 5. The fourth-order valence-electron chi connectivity index (χ4n) is 4.60. The minimum Gasteiger partial charge on any atom is -0.466 e. The Hall–Kier alpha value is -1.96. The predicted octanol–water partition coefficient (Wildman–Crippen LogP) is 4.24. The van der Waals surface area contributed by atoms with E-state index in [0.29, 0.717) is 23.9 Å². The first-order chi connectivity index (χ1) is 12.9. The van der Waals surface area contributed by atoms with Crippen LogP contribution in [0, 0.1) is 11.8 Å². The highest BCUT2D eigenvalue weighted by atomic mass is 35.5. The van der Waals surface area contributed by atoms with Gasteiger partial charge >= 0.3 is 5.97 Å². The number of halogens is 3. The predicted molar refractivity (Wildman–Crippen MR) is 96.0 cm³/mol. The maximum Gasteiger partial charge on any atom is 0.311 e. The lowest BCUT2D eigenvalue weighted by atomic mass is 9.59. The van der Waals surface area contributed by atoms with E-state index in [9.17, 15) is 13.6 Å². The number of hydrogen-bond acceptors (Lipinski definition) is 5. The number of anilines is 1. The number of ether oxygens (including phenoxy) is 1. The third-order valence-electron chi connectivity index (χ3n) is 5.91. The summed E-state index contributed by atoms with van der Waals surface area (Å²) in [6, 6.07) is 2.86. The van der Waals surface area contributed by atoms with Crippen molar-refractivity contribution in [3.05, 3.63) is 23.1 Å². The van der Waals surface area contributed by atoms with Crippen LogP contribution in [0.4, 0.5) is 14.6 Å². The van der Waals surface area contributed by atoms with Gasteiger partial charge in [0, 0.05) is 0 Å². The monoisotopic (exact) mass is 398 g/mol. The van der Waals surface area contributed by atoms with Crippen LogP contribution in [0.25, 0.3) is 5.52 Å². The lowest BCUT2D eigenvalue weighted by molar-refractivity contribution is -0.154. The van der Waals surface area contributed by atoms with Crippen molar-refractivity contribution in [2.75, 3.05) is 11.9 Å². The Kier molecular flexibility index (Phi) is 4.70. The highest BCUT2D eigenvalue weighted by molar-refractivity contribution is 6.28. The molecule has 9 heteroatoms. The second-order valence-electron chi connectivity index (χ2n) is 7.35. The summed E-state index contributed by atoms with van der Waals surface area (Å²) in [7, 11) is 0. The van der Waals surface area contributed by atoms with E-state index in [4.69, 9.17) is 16.3 Å². The van der Waals surface area contributed by atoms with Crippen LogP contribution in [0.3, 0.4) is 0 Å². The third kappa shape index (κ3) is 3.13. The lowest BCUT2D eigenvalue weighted by Crippen LogP contribution is -2.56. The summed E-state index contributed by atoms with van der Waals surface area (Å²) in [5.74, 6) is 0.393. The minimum absolute atomic E-state index is 0.128. The average Bonchev–Trinajstić information content (AvgIpc) is 3.06. The molecule has 27 heavy (non-hydrogen) atoms. The largest absolute Gasteiger partial charge is 0.466 e. The van der Waals surface area contributed by atoms with Gasteiger partial charge in [0.1, 0.15) is 11.2 Å². The molecule has 5 rings (SSSR count). The number of alkyl halides is 2. The summed E-state index contributed by atoms with van der Waals surface area (Å²) >= 11 is 6.00. The van der Waals surface area contributed by atoms with Crippen LogP contribution in [0.2, 0.25) is 5.28 Å². The number of aromatic nitrogens is 3. The number of hydrogen-bond donors (Lipinski definition) is 1. The van der Waals surface area contributed by atoms with Crippen molar-refractivity contribution < 1.29 is 18.3 Å². The van der Waals surface area contributed by atoms with Gasteiger partial charge in [0.05, 0.1) is 18.1 Å². The zero-order valence-electron chi connectivity index (χ0n) is 14.9. The normalized spacial score (nSPS) is 27.3. The van der Waals surface area contributed by atoms with E-state index in [2.05, 4.69) is 15.4 Å². The van der Waals surface area contributed by atoms with E-state index >= 15 is 0 Å². The molecule has 2 heterocycles. The van der Waals surface area contributed by atoms with E-state index in [-0.39, 0.29) is 22.9 Å². The maximum atomic E-state index is 13.2. The molecule has 1 unspecified atom stereocenters. The molecule has 3 aliphatic carbocycles. The molecule has 0 saturated heterocycles. The Bertz CT molecular complexity index is 864. The third-order valence-corrected chi connectivity index (χ3v) is 6.07. The van der Waals surface area contributed by atoms with Crippen LogP contribution in [-0.4, -0.2) is 32.7 Å².